The van der Waals surface area contributed by atoms with Gasteiger partial charge in [-0.25, -0.2) is 13.8 Å². The largest absolute Gasteiger partial charge is 0.530 e. The summed E-state index contributed by atoms with van der Waals surface area (Å²) in [5.74, 6) is -2.84. The molecule has 1 fully saturated rings. The summed E-state index contributed by atoms with van der Waals surface area (Å²) in [5, 5.41) is 20.9. The second-order valence-corrected chi connectivity index (χ2v) is 9.48. The van der Waals surface area contributed by atoms with Crippen LogP contribution in [0.2, 0.25) is 5.02 Å². The van der Waals surface area contributed by atoms with Crippen molar-refractivity contribution >= 4 is 31.6 Å². The number of nitrogens with zero attached hydrogens (tertiary/aromatic N) is 1. The summed E-state index contributed by atoms with van der Waals surface area (Å²) in [6.07, 6.45) is -4.31. The van der Waals surface area contributed by atoms with E-state index in [1.165, 1.54) is 18.3 Å². The van der Waals surface area contributed by atoms with Crippen LogP contribution in [0.15, 0.2) is 29.2 Å². The molecule has 31 heavy (non-hydrogen) atoms. The number of hydrogen-bond donors (Lipinski definition) is 3. The number of phosphoric ester groups is 1. The van der Waals surface area contributed by atoms with Gasteiger partial charge in [0.15, 0.2) is 6.23 Å². The Labute approximate surface area is 184 Å². The Balaban J connectivity index is 1.52. The fourth-order valence-electron chi connectivity index (χ4n) is 3.14. The van der Waals surface area contributed by atoms with E-state index in [2.05, 4.69) is 4.98 Å². The molecule has 0 bridgehead atoms. The van der Waals surface area contributed by atoms with Crippen molar-refractivity contribution in [2.45, 2.75) is 37.8 Å². The standard InChI is InChI=1S/C17H17ClFN2O8PS/c1-8-5-21(16(24)20-14(8)31)15-12(22)13(23)17(19,28-15)7-27-30(25)26-6-9-4-10(18)2-3-11(9)29-30/h2-5,12-13,15,22-23H,6-7H2,1H3,(H,20,24,31)/t12-,13+,15-,17-,30?/m1/s1. The summed E-state index contributed by atoms with van der Waals surface area (Å²) in [6.45, 7) is 0.310. The summed E-state index contributed by atoms with van der Waals surface area (Å²) in [4.78, 5) is 14.5. The van der Waals surface area contributed by atoms with Gasteiger partial charge < -0.3 is 19.5 Å². The monoisotopic (exact) mass is 494 g/mol. The molecule has 1 aromatic heterocycles. The van der Waals surface area contributed by atoms with Crippen molar-refractivity contribution in [3.63, 3.8) is 0 Å². The molecule has 0 spiro atoms. The van der Waals surface area contributed by atoms with Crippen LogP contribution in [-0.2, 0) is 25.0 Å². The molecule has 14 heteroatoms. The van der Waals surface area contributed by atoms with Gasteiger partial charge in [0, 0.05) is 22.3 Å². The van der Waals surface area contributed by atoms with Crippen molar-refractivity contribution in [2.75, 3.05) is 6.61 Å². The molecule has 0 aliphatic carbocycles. The van der Waals surface area contributed by atoms with E-state index in [1.54, 1.807) is 13.0 Å². The van der Waals surface area contributed by atoms with E-state index in [1.807, 2.05) is 0 Å². The zero-order chi connectivity index (χ0) is 22.6. The average molecular weight is 495 g/mol. The van der Waals surface area contributed by atoms with E-state index in [0.717, 1.165) is 4.57 Å². The molecule has 0 radical (unpaired) electrons. The Bertz CT molecular complexity index is 1190. The number of ether oxygens (including phenoxy) is 1. The van der Waals surface area contributed by atoms with Crippen molar-refractivity contribution in [1.29, 1.82) is 0 Å². The topological polar surface area (TPSA) is 132 Å². The number of phosphoric acid groups is 1. The smallest absolute Gasteiger partial charge is 0.404 e. The van der Waals surface area contributed by atoms with Crippen LogP contribution in [0.5, 0.6) is 5.75 Å². The van der Waals surface area contributed by atoms with Crippen LogP contribution in [0.25, 0.3) is 0 Å². The van der Waals surface area contributed by atoms with Crippen LogP contribution < -0.4 is 10.2 Å². The van der Waals surface area contributed by atoms with Crippen LogP contribution in [0.3, 0.4) is 0 Å². The van der Waals surface area contributed by atoms with Crippen molar-refractivity contribution in [2.24, 2.45) is 0 Å². The molecule has 168 valence electrons. The van der Waals surface area contributed by atoms with E-state index in [4.69, 9.17) is 42.1 Å². The Morgan fingerprint density at radius 3 is 2.97 bits per heavy atom. The number of aliphatic hydroxyl groups excluding tert-OH is 2. The van der Waals surface area contributed by atoms with Gasteiger partial charge in [-0.2, -0.15) is 0 Å². The quantitative estimate of drug-likeness (QED) is 0.433. The van der Waals surface area contributed by atoms with Crippen LogP contribution in [0.4, 0.5) is 4.39 Å². The third kappa shape index (κ3) is 4.22. The van der Waals surface area contributed by atoms with E-state index < -0.39 is 44.4 Å². The van der Waals surface area contributed by atoms with Crippen LogP contribution in [0, 0.1) is 11.6 Å². The molecule has 0 saturated carbocycles. The van der Waals surface area contributed by atoms with Gasteiger partial charge in [-0.1, -0.05) is 23.8 Å². The van der Waals surface area contributed by atoms with Crippen LogP contribution in [-0.4, -0.2) is 44.4 Å². The summed E-state index contributed by atoms with van der Waals surface area (Å²) in [6, 6.07) is 4.51. The van der Waals surface area contributed by atoms with Gasteiger partial charge >= 0.3 is 13.5 Å². The molecule has 4 rings (SSSR count). The van der Waals surface area contributed by atoms with Gasteiger partial charge in [-0.3, -0.25) is 18.6 Å². The van der Waals surface area contributed by atoms with Crippen molar-refractivity contribution in [3.05, 3.63) is 55.7 Å². The number of aliphatic hydroxyl groups is 2. The van der Waals surface area contributed by atoms with Crippen molar-refractivity contribution in [1.82, 2.24) is 9.55 Å². The lowest BCUT2D eigenvalue weighted by Crippen LogP contribution is -2.43. The molecule has 0 amide bonds. The van der Waals surface area contributed by atoms with Gasteiger partial charge in [-0.15, -0.1) is 0 Å². The zero-order valence-electron chi connectivity index (χ0n) is 15.9. The first-order valence-corrected chi connectivity index (χ1v) is 11.2. The summed E-state index contributed by atoms with van der Waals surface area (Å²) in [5.41, 5.74) is 0.195. The Hall–Kier alpha value is -1.63. The number of halogens is 2. The molecule has 1 unspecified atom stereocenters. The fourth-order valence-corrected chi connectivity index (χ4v) is 4.71. The van der Waals surface area contributed by atoms with E-state index in [9.17, 15) is 19.6 Å². The highest BCUT2D eigenvalue weighted by molar-refractivity contribution is 7.71. The third-order valence-electron chi connectivity index (χ3n) is 4.82. The minimum Gasteiger partial charge on any atom is -0.404 e. The first-order valence-electron chi connectivity index (χ1n) is 8.93. The molecular weight excluding hydrogens is 478 g/mol. The Morgan fingerprint density at radius 1 is 1.48 bits per heavy atom. The highest BCUT2D eigenvalue weighted by atomic mass is 35.5. The van der Waals surface area contributed by atoms with Gasteiger partial charge in [0.1, 0.15) is 29.2 Å². The second kappa shape index (κ2) is 8.05. The molecule has 1 aromatic carbocycles. The number of aromatic nitrogens is 2. The fraction of sp³-hybridized carbons (Fsp3) is 0.412. The maximum absolute atomic E-state index is 15.3. The van der Waals surface area contributed by atoms with E-state index >= 15 is 4.39 Å². The minimum atomic E-state index is -4.26. The minimum absolute atomic E-state index is 0.162. The Kier molecular flexibility index (Phi) is 5.86. The van der Waals surface area contributed by atoms with Crippen molar-refractivity contribution in [3.8, 4) is 5.75 Å². The molecule has 5 atom stereocenters. The second-order valence-electron chi connectivity index (χ2n) is 7.05. The molecule has 3 N–H and O–H groups in total. The lowest BCUT2D eigenvalue weighted by Gasteiger charge is -2.28. The predicted molar refractivity (Wildman–Crippen MR) is 107 cm³/mol. The zero-order valence-corrected chi connectivity index (χ0v) is 18.3. The van der Waals surface area contributed by atoms with Gasteiger partial charge in [0.05, 0.1) is 6.61 Å². The maximum atomic E-state index is 15.3. The van der Waals surface area contributed by atoms with Gasteiger partial charge in [0.25, 0.3) is 5.85 Å². The predicted octanol–water partition coefficient (Wildman–Crippen LogP) is 2.52. The first kappa shape index (κ1) is 22.6. The summed E-state index contributed by atoms with van der Waals surface area (Å²) >= 11 is 10.8. The number of hydrogen-bond acceptors (Lipinski definition) is 9. The lowest BCUT2D eigenvalue weighted by atomic mass is 10.1. The van der Waals surface area contributed by atoms with Crippen LogP contribution >= 0.6 is 31.6 Å². The Morgan fingerprint density at radius 2 is 2.23 bits per heavy atom. The molecular formula is C17H17ClFN2O8PS. The van der Waals surface area contributed by atoms with E-state index in [0.29, 0.717) is 16.1 Å². The summed E-state index contributed by atoms with van der Waals surface area (Å²) < 4.78 is 49.5. The number of benzene rings is 1. The number of fused-ring (bicyclic) bond motifs is 1. The number of aromatic amines is 1. The maximum Gasteiger partial charge on any atom is 0.530 e. The number of aryl methyl sites for hydroxylation is 1. The number of H-pyrrole nitrogens is 1. The molecule has 2 aliphatic rings. The molecule has 1 saturated heterocycles. The normalized spacial score (nSPS) is 32.5. The number of nitrogens with one attached hydrogen (secondary N) is 1. The molecule has 2 aromatic rings. The third-order valence-corrected chi connectivity index (χ3v) is 6.79. The van der Waals surface area contributed by atoms with Gasteiger partial charge in [0.2, 0.25) is 0 Å². The highest BCUT2D eigenvalue weighted by Gasteiger charge is 2.57. The number of rotatable bonds is 4. The summed E-state index contributed by atoms with van der Waals surface area (Å²) in [7, 11) is -4.26. The van der Waals surface area contributed by atoms with Crippen LogP contribution in [0.1, 0.15) is 17.4 Å². The SMILES string of the molecule is Cc1cn([C@@H]2O[C@](F)(COP3(=O)OCc4cc(Cl)ccc4O3)[C@@H](O)[C@H]2O)c(=O)[nH]c1=S. The molecule has 3 heterocycles. The number of alkyl halides is 1. The molecule has 10 nitrogen and oxygen atoms in total. The highest BCUT2D eigenvalue weighted by Crippen LogP contribution is 2.56. The lowest BCUT2D eigenvalue weighted by molar-refractivity contribution is -0.205. The van der Waals surface area contributed by atoms with E-state index in [-0.39, 0.29) is 17.0 Å². The average Bonchev–Trinajstić information content (AvgIpc) is 2.94. The van der Waals surface area contributed by atoms with Crippen molar-refractivity contribution < 1.29 is 37.5 Å². The molecule has 2 aliphatic heterocycles. The first-order chi connectivity index (χ1) is 14.5. The van der Waals surface area contributed by atoms with Gasteiger partial charge in [-0.05, 0) is 25.1 Å².